The lowest BCUT2D eigenvalue weighted by molar-refractivity contribution is -0.140. The third-order valence-corrected chi connectivity index (χ3v) is 7.73. The van der Waals surface area contributed by atoms with Crippen molar-refractivity contribution in [3.8, 4) is 5.69 Å². The summed E-state index contributed by atoms with van der Waals surface area (Å²) < 4.78 is 55.8. The summed E-state index contributed by atoms with van der Waals surface area (Å²) in [4.78, 5) is 34.2. The maximum absolute atomic E-state index is 14.0. The van der Waals surface area contributed by atoms with Gasteiger partial charge in [0.15, 0.2) is 0 Å². The molecular weight excluding hydrogens is 570 g/mol. The molecule has 226 valence electrons. The van der Waals surface area contributed by atoms with Crippen LogP contribution < -0.4 is 5.56 Å². The first kappa shape index (κ1) is 30.7. The summed E-state index contributed by atoms with van der Waals surface area (Å²) in [6, 6.07) is 23.8. The number of rotatable bonds is 8. The fourth-order valence-corrected chi connectivity index (χ4v) is 5.21. The molecule has 0 fully saturated rings. The third kappa shape index (κ3) is 6.41. The van der Waals surface area contributed by atoms with Crippen LogP contribution in [0.25, 0.3) is 16.6 Å². The van der Waals surface area contributed by atoms with Crippen LogP contribution in [0.4, 0.5) is 17.6 Å². The Hall–Kier alpha value is -4.79. The first-order valence-corrected chi connectivity index (χ1v) is 14.3. The predicted octanol–water partition coefficient (Wildman–Crippen LogP) is 7.75. The molecule has 44 heavy (non-hydrogen) atoms. The highest BCUT2D eigenvalue weighted by Crippen LogP contribution is 2.32. The number of hydrogen-bond acceptors (Lipinski definition) is 3. The Labute approximate surface area is 252 Å². The molecule has 0 aliphatic carbocycles. The number of halogens is 4. The lowest BCUT2D eigenvalue weighted by atomic mass is 10.0. The molecule has 1 atom stereocenters. The molecule has 0 saturated heterocycles. The van der Waals surface area contributed by atoms with Gasteiger partial charge in [-0.1, -0.05) is 67.1 Å². The second-order valence-electron chi connectivity index (χ2n) is 10.8. The van der Waals surface area contributed by atoms with E-state index in [1.54, 1.807) is 43.3 Å². The molecule has 0 radical (unpaired) electrons. The first-order valence-electron chi connectivity index (χ1n) is 14.3. The van der Waals surface area contributed by atoms with Gasteiger partial charge in [-0.2, -0.15) is 13.2 Å². The highest BCUT2D eigenvalue weighted by molar-refractivity contribution is 5.80. The minimum atomic E-state index is -4.91. The number of carbonyl (C=O) groups is 1. The zero-order valence-electron chi connectivity index (χ0n) is 24.5. The molecule has 1 heterocycles. The fraction of sp³-hybridized carbons (Fsp3) is 0.229. The quantitative estimate of drug-likeness (QED) is 0.171. The molecule has 5 aromatic rings. The number of nitrogens with zero attached hydrogens (tertiary/aromatic N) is 3. The summed E-state index contributed by atoms with van der Waals surface area (Å²) >= 11 is 0. The smallest absolute Gasteiger partial charge is 0.328 e. The summed E-state index contributed by atoms with van der Waals surface area (Å²) in [5.74, 6) is -1.61. The fourth-order valence-electron chi connectivity index (χ4n) is 5.21. The number of aromatic nitrogens is 2. The van der Waals surface area contributed by atoms with E-state index in [1.165, 1.54) is 15.5 Å². The second-order valence-corrected chi connectivity index (χ2v) is 10.8. The van der Waals surface area contributed by atoms with Crippen LogP contribution in [-0.2, 0) is 30.4 Å². The highest BCUT2D eigenvalue weighted by atomic mass is 19.4. The van der Waals surface area contributed by atoms with Crippen molar-refractivity contribution in [2.45, 2.75) is 52.4 Å². The van der Waals surface area contributed by atoms with Crippen molar-refractivity contribution in [3.05, 3.63) is 141 Å². The van der Waals surface area contributed by atoms with Crippen LogP contribution in [-0.4, -0.2) is 20.4 Å². The van der Waals surface area contributed by atoms with Crippen LogP contribution in [0.15, 0.2) is 95.8 Å². The zero-order valence-corrected chi connectivity index (χ0v) is 24.5. The average molecular weight is 602 g/mol. The zero-order chi connectivity index (χ0) is 31.6. The van der Waals surface area contributed by atoms with Crippen LogP contribution in [0.2, 0.25) is 0 Å². The molecule has 1 aromatic heterocycles. The minimum Gasteiger partial charge on any atom is -0.328 e. The Morgan fingerprint density at radius 2 is 1.55 bits per heavy atom. The topological polar surface area (TPSA) is 55.2 Å². The van der Waals surface area contributed by atoms with Gasteiger partial charge >= 0.3 is 6.18 Å². The number of aryl methyl sites for hydroxylation is 2. The van der Waals surface area contributed by atoms with Gasteiger partial charge in [-0.3, -0.25) is 14.2 Å². The standard InChI is InChI=1S/C35H31F4N3O2/c1-4-24-11-13-25(14-12-24)21-41(32(43)20-26-15-18-30(36)29(19-26)35(37,38)39)23(3)33-40-31-8-6-5-7-28(31)34(44)42(33)27-16-9-22(2)10-17-27/h5-19,23H,4,20-21H2,1-3H3. The lowest BCUT2D eigenvalue weighted by Crippen LogP contribution is -2.38. The Morgan fingerprint density at radius 1 is 0.909 bits per heavy atom. The van der Waals surface area contributed by atoms with E-state index in [0.29, 0.717) is 28.5 Å². The van der Waals surface area contributed by atoms with E-state index in [4.69, 9.17) is 4.98 Å². The van der Waals surface area contributed by atoms with Gasteiger partial charge in [0.1, 0.15) is 11.6 Å². The number of fused-ring (bicyclic) bond motifs is 1. The third-order valence-electron chi connectivity index (χ3n) is 7.73. The molecule has 5 rings (SSSR count). The highest BCUT2D eigenvalue weighted by Gasteiger charge is 2.35. The van der Waals surface area contributed by atoms with Gasteiger partial charge in [-0.05, 0) is 73.4 Å². The van der Waals surface area contributed by atoms with Crippen molar-refractivity contribution in [3.63, 3.8) is 0 Å². The summed E-state index contributed by atoms with van der Waals surface area (Å²) in [6.07, 6.45) is -4.49. The van der Waals surface area contributed by atoms with Gasteiger partial charge in [-0.25, -0.2) is 9.37 Å². The summed E-state index contributed by atoms with van der Waals surface area (Å²) in [5, 5.41) is 0.406. The molecule has 1 unspecified atom stereocenters. The number of carbonyl (C=O) groups excluding carboxylic acids is 1. The molecule has 0 aliphatic heterocycles. The second kappa shape index (κ2) is 12.4. The molecule has 1 amide bonds. The molecule has 0 spiro atoms. The minimum absolute atomic E-state index is 0.0182. The van der Waals surface area contributed by atoms with Crippen LogP contribution in [0.1, 0.15) is 53.5 Å². The van der Waals surface area contributed by atoms with Gasteiger partial charge in [0.2, 0.25) is 5.91 Å². The Kier molecular flexibility index (Phi) is 8.67. The van der Waals surface area contributed by atoms with Crippen molar-refractivity contribution in [2.75, 3.05) is 0 Å². The van der Waals surface area contributed by atoms with Gasteiger partial charge in [0, 0.05) is 6.54 Å². The van der Waals surface area contributed by atoms with E-state index in [0.717, 1.165) is 29.2 Å². The molecule has 5 nitrogen and oxygen atoms in total. The number of hydrogen-bond donors (Lipinski definition) is 0. The van der Waals surface area contributed by atoms with Crippen LogP contribution in [0.5, 0.6) is 0 Å². The van der Waals surface area contributed by atoms with E-state index < -0.39 is 35.9 Å². The Balaban J connectivity index is 1.62. The molecular formula is C35H31F4N3O2. The van der Waals surface area contributed by atoms with E-state index in [9.17, 15) is 27.2 Å². The van der Waals surface area contributed by atoms with E-state index in [-0.39, 0.29) is 17.7 Å². The lowest BCUT2D eigenvalue weighted by Gasteiger charge is -2.31. The van der Waals surface area contributed by atoms with Crippen LogP contribution in [0.3, 0.4) is 0 Å². The normalized spacial score (nSPS) is 12.3. The Morgan fingerprint density at radius 3 is 2.20 bits per heavy atom. The molecule has 0 N–H and O–H groups in total. The van der Waals surface area contributed by atoms with E-state index in [2.05, 4.69) is 0 Å². The van der Waals surface area contributed by atoms with Crippen LogP contribution >= 0.6 is 0 Å². The molecule has 4 aromatic carbocycles. The van der Waals surface area contributed by atoms with Crippen LogP contribution in [0, 0.1) is 12.7 Å². The number of para-hydroxylation sites is 1. The summed E-state index contributed by atoms with van der Waals surface area (Å²) in [7, 11) is 0. The van der Waals surface area contributed by atoms with Crippen molar-refractivity contribution < 1.29 is 22.4 Å². The molecule has 0 aliphatic rings. The van der Waals surface area contributed by atoms with Crippen molar-refractivity contribution in [1.82, 2.24) is 14.5 Å². The van der Waals surface area contributed by atoms with E-state index in [1.807, 2.05) is 50.2 Å². The van der Waals surface area contributed by atoms with Gasteiger partial charge in [-0.15, -0.1) is 0 Å². The Bertz CT molecular complexity index is 1860. The first-order chi connectivity index (χ1) is 21.0. The van der Waals surface area contributed by atoms with E-state index >= 15 is 0 Å². The molecule has 0 bridgehead atoms. The monoisotopic (exact) mass is 601 g/mol. The number of alkyl halides is 3. The average Bonchev–Trinajstić information content (AvgIpc) is 3.00. The van der Waals surface area contributed by atoms with Crippen molar-refractivity contribution >= 4 is 16.8 Å². The maximum Gasteiger partial charge on any atom is 0.419 e. The predicted molar refractivity (Wildman–Crippen MR) is 162 cm³/mol. The number of benzene rings is 4. The van der Waals surface area contributed by atoms with Crippen molar-refractivity contribution in [2.24, 2.45) is 0 Å². The maximum atomic E-state index is 14.0. The SMILES string of the molecule is CCc1ccc(CN(C(=O)Cc2ccc(F)c(C(F)(F)F)c2)C(C)c2nc3ccccc3c(=O)n2-c2ccc(C)cc2)cc1. The van der Waals surface area contributed by atoms with Gasteiger partial charge in [0.25, 0.3) is 5.56 Å². The van der Waals surface area contributed by atoms with Gasteiger partial charge < -0.3 is 4.90 Å². The molecule has 9 heteroatoms. The number of amides is 1. The van der Waals surface area contributed by atoms with Gasteiger partial charge in [0.05, 0.1) is 34.6 Å². The largest absolute Gasteiger partial charge is 0.419 e. The summed E-state index contributed by atoms with van der Waals surface area (Å²) in [6.45, 7) is 5.80. The summed E-state index contributed by atoms with van der Waals surface area (Å²) in [5.41, 5.74) is 2.19. The van der Waals surface area contributed by atoms with Crippen molar-refractivity contribution in [1.29, 1.82) is 0 Å². The molecule has 0 saturated carbocycles.